The maximum Gasteiger partial charge on any atom is 0.194 e. The molecule has 5 nitrogen and oxygen atoms in total. The van der Waals surface area contributed by atoms with Gasteiger partial charge in [0.2, 0.25) is 0 Å². The summed E-state index contributed by atoms with van der Waals surface area (Å²) in [6.07, 6.45) is 4.38. The summed E-state index contributed by atoms with van der Waals surface area (Å²) in [5.41, 5.74) is -0.137. The van der Waals surface area contributed by atoms with E-state index in [-0.39, 0.29) is 5.60 Å². The highest BCUT2D eigenvalue weighted by Crippen LogP contribution is 2.25. The van der Waals surface area contributed by atoms with Gasteiger partial charge in [-0.3, -0.25) is 4.99 Å². The summed E-state index contributed by atoms with van der Waals surface area (Å²) in [4.78, 5) is 7.27. The molecule has 0 saturated carbocycles. The molecule has 0 spiro atoms. The van der Waals surface area contributed by atoms with E-state index >= 15 is 0 Å². The number of methoxy groups -OCH3 is 1. The number of aliphatic imine (C=N–C) groups is 1. The third kappa shape index (κ3) is 4.58. The first-order valence-corrected chi connectivity index (χ1v) is 8.35. The second kappa shape index (κ2) is 7.99. The molecule has 0 unspecified atom stereocenters. The third-order valence-corrected chi connectivity index (χ3v) is 4.77. The van der Waals surface area contributed by atoms with Crippen molar-refractivity contribution < 1.29 is 9.47 Å². The lowest BCUT2D eigenvalue weighted by Crippen LogP contribution is -2.47. The lowest BCUT2D eigenvalue weighted by molar-refractivity contribution is -0.0829. The number of guanidine groups is 1. The van der Waals surface area contributed by atoms with Crippen LogP contribution in [0.3, 0.4) is 0 Å². The Kier molecular flexibility index (Phi) is 6.30. The van der Waals surface area contributed by atoms with Crippen molar-refractivity contribution in [2.45, 2.75) is 45.1 Å². The van der Waals surface area contributed by atoms with Gasteiger partial charge in [0, 0.05) is 52.8 Å². The molecule has 0 aromatic carbocycles. The highest BCUT2D eigenvalue weighted by atomic mass is 16.5. The fourth-order valence-corrected chi connectivity index (χ4v) is 3.04. The Bertz CT molecular complexity index is 332. The van der Waals surface area contributed by atoms with Crippen LogP contribution in [0.15, 0.2) is 4.99 Å². The van der Waals surface area contributed by atoms with E-state index in [2.05, 4.69) is 24.1 Å². The van der Waals surface area contributed by atoms with Crippen LogP contribution in [0.2, 0.25) is 0 Å². The quantitative estimate of drug-likeness (QED) is 0.636. The number of piperidine rings is 1. The molecular weight excluding hydrogens is 266 g/mol. The van der Waals surface area contributed by atoms with Gasteiger partial charge in [-0.05, 0) is 25.7 Å². The van der Waals surface area contributed by atoms with E-state index in [0.717, 1.165) is 64.1 Å². The molecule has 21 heavy (non-hydrogen) atoms. The number of rotatable bonds is 4. The van der Waals surface area contributed by atoms with Crippen LogP contribution < -0.4 is 5.32 Å². The Morgan fingerprint density at radius 3 is 2.57 bits per heavy atom. The maximum absolute atomic E-state index is 5.78. The summed E-state index contributed by atoms with van der Waals surface area (Å²) >= 11 is 0. The van der Waals surface area contributed by atoms with E-state index in [0.29, 0.717) is 0 Å². The van der Waals surface area contributed by atoms with Crippen LogP contribution >= 0.6 is 0 Å². The first-order valence-electron chi connectivity index (χ1n) is 8.35. The number of hydrogen-bond acceptors (Lipinski definition) is 3. The van der Waals surface area contributed by atoms with Gasteiger partial charge in [0.25, 0.3) is 0 Å². The predicted octanol–water partition coefficient (Wildman–Crippen LogP) is 1.88. The summed E-state index contributed by atoms with van der Waals surface area (Å²) in [5, 5.41) is 3.44. The fourth-order valence-electron chi connectivity index (χ4n) is 3.04. The minimum absolute atomic E-state index is 0.137. The normalized spacial score (nSPS) is 24.1. The number of nitrogens with one attached hydrogen (secondary N) is 1. The van der Waals surface area contributed by atoms with Crippen molar-refractivity contribution in [3.63, 3.8) is 0 Å². The summed E-state index contributed by atoms with van der Waals surface area (Å²) in [5.74, 6) is 1.89. The van der Waals surface area contributed by atoms with Crippen molar-refractivity contribution in [3.05, 3.63) is 0 Å². The Balaban J connectivity index is 1.99. The SMILES string of the molecule is CCNC(=NCC1(OC)CCOCC1)N1CCC(C)CC1. The van der Waals surface area contributed by atoms with Gasteiger partial charge >= 0.3 is 0 Å². The first-order chi connectivity index (χ1) is 10.2. The minimum atomic E-state index is -0.137. The molecule has 5 heteroatoms. The minimum Gasteiger partial charge on any atom is -0.381 e. The van der Waals surface area contributed by atoms with Crippen molar-refractivity contribution in [1.29, 1.82) is 0 Å². The number of likely N-dealkylation sites (tertiary alicyclic amines) is 1. The van der Waals surface area contributed by atoms with Crippen LogP contribution in [0, 0.1) is 5.92 Å². The number of ether oxygens (including phenoxy) is 2. The molecule has 2 heterocycles. The second-order valence-corrected chi connectivity index (χ2v) is 6.34. The Labute approximate surface area is 129 Å². The zero-order valence-corrected chi connectivity index (χ0v) is 13.9. The van der Waals surface area contributed by atoms with Crippen molar-refractivity contribution in [3.8, 4) is 0 Å². The molecule has 0 atom stereocenters. The van der Waals surface area contributed by atoms with E-state index in [1.165, 1.54) is 12.8 Å². The van der Waals surface area contributed by atoms with Crippen molar-refractivity contribution >= 4 is 5.96 Å². The molecular formula is C16H31N3O2. The Morgan fingerprint density at radius 2 is 2.00 bits per heavy atom. The fraction of sp³-hybridized carbons (Fsp3) is 0.938. The molecule has 2 rings (SSSR count). The molecule has 122 valence electrons. The van der Waals surface area contributed by atoms with Crippen LogP contribution in [0.4, 0.5) is 0 Å². The zero-order chi connectivity index (χ0) is 15.1. The van der Waals surface area contributed by atoms with Crippen LogP contribution in [0.1, 0.15) is 39.5 Å². The van der Waals surface area contributed by atoms with Crippen LogP contribution in [0.25, 0.3) is 0 Å². The molecule has 2 aliphatic heterocycles. The molecule has 0 aliphatic carbocycles. The molecule has 0 bridgehead atoms. The van der Waals surface area contributed by atoms with E-state index in [1.54, 1.807) is 7.11 Å². The van der Waals surface area contributed by atoms with Gasteiger partial charge in [-0.15, -0.1) is 0 Å². The molecule has 2 saturated heterocycles. The summed E-state index contributed by atoms with van der Waals surface area (Å²) < 4.78 is 11.2. The Hall–Kier alpha value is -0.810. The van der Waals surface area contributed by atoms with E-state index in [4.69, 9.17) is 14.5 Å². The van der Waals surface area contributed by atoms with E-state index < -0.39 is 0 Å². The summed E-state index contributed by atoms with van der Waals surface area (Å²) in [6.45, 7) is 9.87. The predicted molar refractivity (Wildman–Crippen MR) is 85.7 cm³/mol. The molecule has 0 aromatic heterocycles. The maximum atomic E-state index is 5.78. The first kappa shape index (κ1) is 16.6. The second-order valence-electron chi connectivity index (χ2n) is 6.34. The lowest BCUT2D eigenvalue weighted by atomic mass is 9.94. The highest BCUT2D eigenvalue weighted by molar-refractivity contribution is 5.80. The number of nitrogens with zero attached hydrogens (tertiary/aromatic N) is 2. The number of hydrogen-bond donors (Lipinski definition) is 1. The summed E-state index contributed by atoms with van der Waals surface area (Å²) in [7, 11) is 1.80. The van der Waals surface area contributed by atoms with Gasteiger partial charge < -0.3 is 19.7 Å². The smallest absolute Gasteiger partial charge is 0.194 e. The average molecular weight is 297 g/mol. The monoisotopic (exact) mass is 297 g/mol. The van der Waals surface area contributed by atoms with Gasteiger partial charge in [-0.25, -0.2) is 0 Å². The van der Waals surface area contributed by atoms with E-state index in [9.17, 15) is 0 Å². The summed E-state index contributed by atoms with van der Waals surface area (Å²) in [6, 6.07) is 0. The van der Waals surface area contributed by atoms with Crippen molar-refractivity contribution in [1.82, 2.24) is 10.2 Å². The zero-order valence-electron chi connectivity index (χ0n) is 13.9. The van der Waals surface area contributed by atoms with Gasteiger partial charge in [0.1, 0.15) is 0 Å². The van der Waals surface area contributed by atoms with Crippen molar-refractivity contribution in [2.24, 2.45) is 10.9 Å². The highest BCUT2D eigenvalue weighted by Gasteiger charge is 2.32. The van der Waals surface area contributed by atoms with Gasteiger partial charge in [-0.2, -0.15) is 0 Å². The van der Waals surface area contributed by atoms with Crippen LogP contribution in [-0.4, -0.2) is 63.0 Å². The molecule has 2 aliphatic rings. The van der Waals surface area contributed by atoms with Crippen molar-refractivity contribution in [2.75, 3.05) is 46.5 Å². The average Bonchev–Trinajstić information content (AvgIpc) is 2.53. The van der Waals surface area contributed by atoms with Crippen LogP contribution in [-0.2, 0) is 9.47 Å². The third-order valence-electron chi connectivity index (χ3n) is 4.77. The molecule has 0 radical (unpaired) electrons. The Morgan fingerprint density at radius 1 is 1.33 bits per heavy atom. The van der Waals surface area contributed by atoms with E-state index in [1.807, 2.05) is 0 Å². The van der Waals surface area contributed by atoms with Gasteiger partial charge in [-0.1, -0.05) is 6.92 Å². The molecule has 1 N–H and O–H groups in total. The molecule has 0 amide bonds. The largest absolute Gasteiger partial charge is 0.381 e. The molecule has 0 aromatic rings. The van der Waals surface area contributed by atoms with Gasteiger partial charge in [0.05, 0.1) is 12.1 Å². The van der Waals surface area contributed by atoms with Crippen LogP contribution in [0.5, 0.6) is 0 Å². The topological polar surface area (TPSA) is 46.1 Å². The standard InChI is InChI=1S/C16H31N3O2/c1-4-17-15(19-9-5-14(2)6-10-19)18-13-16(20-3)7-11-21-12-8-16/h14H,4-13H2,1-3H3,(H,17,18). The lowest BCUT2D eigenvalue weighted by Gasteiger charge is -2.36. The molecule has 2 fully saturated rings. The van der Waals surface area contributed by atoms with Gasteiger partial charge in [0.15, 0.2) is 5.96 Å².